The topological polar surface area (TPSA) is 75.7 Å². The summed E-state index contributed by atoms with van der Waals surface area (Å²) in [7, 11) is 0. The zero-order chi connectivity index (χ0) is 12.3. The summed E-state index contributed by atoms with van der Waals surface area (Å²) in [6.45, 7) is 0. The number of nitrogens with two attached hydrogens (primary N) is 1. The zero-order valence-corrected chi connectivity index (χ0v) is 11.8. The van der Waals surface area contributed by atoms with E-state index in [1.807, 2.05) is 0 Å². The summed E-state index contributed by atoms with van der Waals surface area (Å²) in [5.41, 5.74) is 5.78. The van der Waals surface area contributed by atoms with E-state index in [-0.39, 0.29) is 23.0 Å². The normalized spacial score (nSPS) is 11.6. The number of amidine groups is 1. The van der Waals surface area contributed by atoms with Gasteiger partial charge in [0, 0.05) is 8.95 Å². The molecule has 0 radical (unpaired) electrons. The zero-order valence-electron chi connectivity index (χ0n) is 7.88. The second kappa shape index (κ2) is 5.65. The van der Waals surface area contributed by atoms with E-state index >= 15 is 0 Å². The monoisotopic (exact) mass is 368 g/mol. The highest BCUT2D eigenvalue weighted by molar-refractivity contribution is 9.11. The van der Waals surface area contributed by atoms with Crippen molar-refractivity contribution < 1.29 is 9.90 Å². The molecule has 0 spiro atoms. The molecule has 0 amide bonds. The van der Waals surface area contributed by atoms with Gasteiger partial charge in [0.05, 0.1) is 17.1 Å². The fourth-order valence-corrected chi connectivity index (χ4v) is 2.39. The molecule has 0 bridgehead atoms. The van der Waals surface area contributed by atoms with Crippen molar-refractivity contribution in [3.05, 3.63) is 26.6 Å². The molecule has 7 heteroatoms. The van der Waals surface area contributed by atoms with Gasteiger partial charge in [-0.15, -0.1) is 11.6 Å². The molecule has 0 heterocycles. The maximum Gasteiger partial charge on any atom is 0.337 e. The van der Waals surface area contributed by atoms with E-state index in [9.17, 15) is 4.79 Å². The first kappa shape index (κ1) is 13.5. The Morgan fingerprint density at radius 3 is 2.62 bits per heavy atom. The predicted octanol–water partition coefficient (Wildman–Crippen LogP) is 3.14. The van der Waals surface area contributed by atoms with Gasteiger partial charge >= 0.3 is 5.97 Å². The summed E-state index contributed by atoms with van der Waals surface area (Å²) in [6.07, 6.45) is 0. The summed E-state index contributed by atoms with van der Waals surface area (Å²) in [6, 6.07) is 3.14. The SMILES string of the molecule is NC(CCl)=Nc1c(Br)cc(Br)cc1C(=O)O. The van der Waals surface area contributed by atoms with Crippen LogP contribution >= 0.6 is 43.5 Å². The minimum Gasteiger partial charge on any atom is -0.478 e. The molecule has 3 N–H and O–H groups in total. The number of benzene rings is 1. The van der Waals surface area contributed by atoms with E-state index in [1.54, 1.807) is 6.07 Å². The van der Waals surface area contributed by atoms with Crippen LogP contribution in [0.3, 0.4) is 0 Å². The first-order chi connectivity index (χ1) is 7.45. The number of nitrogens with zero attached hydrogens (tertiary/aromatic N) is 1. The van der Waals surface area contributed by atoms with Crippen molar-refractivity contribution in [1.82, 2.24) is 0 Å². The first-order valence-electron chi connectivity index (χ1n) is 4.07. The molecule has 0 aliphatic carbocycles. The van der Waals surface area contributed by atoms with Gasteiger partial charge in [0.25, 0.3) is 0 Å². The van der Waals surface area contributed by atoms with Crippen LogP contribution in [0.5, 0.6) is 0 Å². The Kier molecular flexibility index (Phi) is 4.76. The largest absolute Gasteiger partial charge is 0.478 e. The van der Waals surface area contributed by atoms with Crippen molar-refractivity contribution in [3.63, 3.8) is 0 Å². The third-order valence-electron chi connectivity index (χ3n) is 1.65. The van der Waals surface area contributed by atoms with Crippen LogP contribution in [0.2, 0.25) is 0 Å². The number of alkyl halides is 1. The van der Waals surface area contributed by atoms with Gasteiger partial charge in [-0.25, -0.2) is 9.79 Å². The number of aromatic carboxylic acids is 1. The van der Waals surface area contributed by atoms with Crippen LogP contribution in [-0.4, -0.2) is 22.8 Å². The Morgan fingerprint density at radius 2 is 2.12 bits per heavy atom. The van der Waals surface area contributed by atoms with Gasteiger partial charge in [-0.2, -0.15) is 0 Å². The van der Waals surface area contributed by atoms with Crippen LogP contribution in [0, 0.1) is 0 Å². The van der Waals surface area contributed by atoms with Crippen molar-refractivity contribution in [2.24, 2.45) is 10.7 Å². The van der Waals surface area contributed by atoms with Gasteiger partial charge in [0.2, 0.25) is 0 Å². The van der Waals surface area contributed by atoms with E-state index in [0.717, 1.165) is 0 Å². The molecule has 1 rings (SSSR count). The lowest BCUT2D eigenvalue weighted by molar-refractivity contribution is 0.0697. The van der Waals surface area contributed by atoms with Crippen molar-refractivity contribution in [1.29, 1.82) is 0 Å². The highest BCUT2D eigenvalue weighted by atomic mass is 79.9. The van der Waals surface area contributed by atoms with E-state index < -0.39 is 5.97 Å². The molecule has 0 unspecified atom stereocenters. The molecule has 1 aromatic carbocycles. The predicted molar refractivity (Wildman–Crippen MR) is 70.8 cm³/mol. The number of carboxylic acid groups (broad SMARTS) is 1. The summed E-state index contributed by atoms with van der Waals surface area (Å²) < 4.78 is 1.17. The average molecular weight is 370 g/mol. The fourth-order valence-electron chi connectivity index (χ4n) is 1.02. The quantitative estimate of drug-likeness (QED) is 0.488. The number of carboxylic acids is 1. The van der Waals surface area contributed by atoms with Crippen LogP contribution < -0.4 is 5.73 Å². The minimum absolute atomic E-state index is 0.0432. The van der Waals surface area contributed by atoms with Crippen molar-refractivity contribution >= 4 is 61.0 Å². The van der Waals surface area contributed by atoms with E-state index in [4.69, 9.17) is 22.4 Å². The third-order valence-corrected chi connectivity index (χ3v) is 2.99. The molecule has 1 aromatic rings. The maximum absolute atomic E-state index is 11.0. The molecule has 4 nitrogen and oxygen atoms in total. The molecule has 0 aromatic heterocycles. The number of hydrogen-bond donors (Lipinski definition) is 2. The second-order valence-corrected chi connectivity index (χ2v) is 4.86. The summed E-state index contributed by atoms with van der Waals surface area (Å²) in [5.74, 6) is -0.878. The van der Waals surface area contributed by atoms with Gasteiger partial charge in [-0.05, 0) is 28.1 Å². The molecule has 16 heavy (non-hydrogen) atoms. The van der Waals surface area contributed by atoms with Crippen LogP contribution in [0.25, 0.3) is 0 Å². The molecule has 0 saturated carbocycles. The summed E-state index contributed by atoms with van der Waals surface area (Å²) in [4.78, 5) is 15.0. The Labute approximate surface area is 114 Å². The van der Waals surface area contributed by atoms with E-state index in [2.05, 4.69) is 36.9 Å². The Morgan fingerprint density at radius 1 is 1.50 bits per heavy atom. The molecule has 0 atom stereocenters. The van der Waals surface area contributed by atoms with Crippen molar-refractivity contribution in [2.75, 3.05) is 5.88 Å². The molecule has 0 aliphatic heterocycles. The lowest BCUT2D eigenvalue weighted by Crippen LogP contribution is -2.13. The van der Waals surface area contributed by atoms with Gasteiger partial charge in [0.1, 0.15) is 5.84 Å². The Hall–Kier alpha value is -0.590. The van der Waals surface area contributed by atoms with Crippen LogP contribution in [0.15, 0.2) is 26.1 Å². The Bertz CT molecular complexity index is 463. The smallest absolute Gasteiger partial charge is 0.337 e. The van der Waals surface area contributed by atoms with Crippen LogP contribution in [0.1, 0.15) is 10.4 Å². The third kappa shape index (κ3) is 3.20. The van der Waals surface area contributed by atoms with Crippen molar-refractivity contribution in [2.45, 2.75) is 0 Å². The lowest BCUT2D eigenvalue weighted by atomic mass is 10.2. The molecule has 86 valence electrons. The van der Waals surface area contributed by atoms with Crippen LogP contribution in [-0.2, 0) is 0 Å². The second-order valence-electron chi connectivity index (χ2n) is 2.83. The Balaban J connectivity index is 3.41. The number of rotatable bonds is 3. The molecular formula is C9H7Br2ClN2O2. The van der Waals surface area contributed by atoms with Crippen LogP contribution in [0.4, 0.5) is 5.69 Å². The molecule has 0 saturated heterocycles. The molecular weight excluding hydrogens is 363 g/mol. The average Bonchev–Trinajstić information content (AvgIpc) is 2.20. The van der Waals surface area contributed by atoms with Gasteiger partial charge in [-0.3, -0.25) is 0 Å². The van der Waals surface area contributed by atoms with Crippen molar-refractivity contribution in [3.8, 4) is 0 Å². The van der Waals surface area contributed by atoms with E-state index in [0.29, 0.717) is 8.95 Å². The summed E-state index contributed by atoms with van der Waals surface area (Å²) >= 11 is 11.9. The van der Waals surface area contributed by atoms with Gasteiger partial charge in [-0.1, -0.05) is 15.9 Å². The molecule has 0 aliphatic rings. The molecule has 0 fully saturated rings. The minimum atomic E-state index is -1.08. The summed E-state index contributed by atoms with van der Waals surface area (Å²) in [5, 5.41) is 9.02. The van der Waals surface area contributed by atoms with Gasteiger partial charge in [0.15, 0.2) is 0 Å². The number of carbonyl (C=O) groups is 1. The highest BCUT2D eigenvalue weighted by Gasteiger charge is 2.14. The van der Waals surface area contributed by atoms with Gasteiger partial charge < -0.3 is 10.8 Å². The lowest BCUT2D eigenvalue weighted by Gasteiger charge is -2.05. The fraction of sp³-hybridized carbons (Fsp3) is 0.111. The number of aliphatic imine (C=N–C) groups is 1. The number of halogens is 3. The highest BCUT2D eigenvalue weighted by Crippen LogP contribution is 2.33. The maximum atomic E-state index is 11.0. The standard InChI is InChI=1S/C9H7Br2ClN2O2/c10-4-1-5(9(15)16)8(6(11)2-4)14-7(13)3-12/h1-2H,3H2,(H2,13,14)(H,15,16). The first-order valence-corrected chi connectivity index (χ1v) is 6.19. The van der Waals surface area contributed by atoms with E-state index in [1.165, 1.54) is 6.07 Å². The number of hydrogen-bond acceptors (Lipinski definition) is 2.